The molecule has 0 atom stereocenters. The molecule has 3 N–H and O–H groups in total. The number of carbonyl (C=O) groups is 2. The normalized spacial score (nSPS) is 14.5. The van der Waals surface area contributed by atoms with Crippen LogP contribution < -0.4 is 0 Å². The summed E-state index contributed by atoms with van der Waals surface area (Å²) >= 11 is 0. The average Bonchev–Trinajstić information content (AvgIpc) is 3.15. The summed E-state index contributed by atoms with van der Waals surface area (Å²) < 4.78 is 11.2. The molecular weight excluding hydrogens is 404 g/mol. The van der Waals surface area contributed by atoms with E-state index in [4.69, 9.17) is 14.3 Å². The van der Waals surface area contributed by atoms with Crippen molar-refractivity contribution < 1.29 is 34.1 Å². The number of aliphatic carboxylic acids is 1. The van der Waals surface area contributed by atoms with Crippen molar-refractivity contribution in [3.05, 3.63) is 35.6 Å². The second kappa shape index (κ2) is 10.3. The molecule has 2 heterocycles. The van der Waals surface area contributed by atoms with Gasteiger partial charge in [0.2, 0.25) is 5.91 Å². The molecule has 0 saturated carbocycles. The Bertz CT molecular complexity index is 919. The number of morpholine rings is 1. The van der Waals surface area contributed by atoms with E-state index < -0.39 is 5.97 Å². The van der Waals surface area contributed by atoms with Crippen LogP contribution in [0.4, 0.5) is 0 Å². The van der Waals surface area contributed by atoms with Crippen molar-refractivity contribution in [3.63, 3.8) is 0 Å². The number of rotatable bonds is 9. The van der Waals surface area contributed by atoms with E-state index in [0.29, 0.717) is 12.3 Å². The quantitative estimate of drug-likeness (QED) is 0.550. The fourth-order valence-electron chi connectivity index (χ4n) is 3.70. The minimum atomic E-state index is -1.10. The Labute approximate surface area is 180 Å². The van der Waals surface area contributed by atoms with Crippen LogP contribution in [-0.2, 0) is 27.3 Å². The van der Waals surface area contributed by atoms with E-state index in [2.05, 4.69) is 4.90 Å². The number of carboxylic acid groups (broad SMARTS) is 1. The number of carboxylic acids is 1. The van der Waals surface area contributed by atoms with Gasteiger partial charge in [-0.25, -0.2) is 0 Å². The summed E-state index contributed by atoms with van der Waals surface area (Å²) in [5.41, 5.74) is 0.452. The fourth-order valence-corrected chi connectivity index (χ4v) is 3.70. The Balaban J connectivity index is 1.69. The first-order valence-electron chi connectivity index (χ1n) is 10.2. The number of phenols is 2. The maximum atomic E-state index is 12.1. The minimum absolute atomic E-state index is 0.0704. The maximum absolute atomic E-state index is 12.1. The molecule has 9 heteroatoms. The van der Waals surface area contributed by atoms with Crippen molar-refractivity contribution in [3.8, 4) is 22.8 Å². The standard InChI is InChI=1S/C22H28N2O7/c1-15(25)24(6-2-5-23-7-9-30-10-8-23)14-18-3-4-20(31-18)22-16(12-21(28)29)11-17(26)13-19(22)27/h3-4,11,13,26-27H,2,5-10,12,14H2,1H3,(H,28,29). The van der Waals surface area contributed by atoms with Gasteiger partial charge in [0.25, 0.3) is 0 Å². The van der Waals surface area contributed by atoms with Crippen LogP contribution in [0.1, 0.15) is 24.7 Å². The lowest BCUT2D eigenvalue weighted by molar-refractivity contribution is -0.136. The Kier molecular flexibility index (Phi) is 7.54. The molecule has 1 saturated heterocycles. The number of hydrogen-bond acceptors (Lipinski definition) is 7. The van der Waals surface area contributed by atoms with E-state index in [1.165, 1.54) is 13.0 Å². The Hall–Kier alpha value is -3.04. The highest BCUT2D eigenvalue weighted by molar-refractivity contribution is 5.79. The van der Waals surface area contributed by atoms with Crippen molar-refractivity contribution in [2.75, 3.05) is 39.4 Å². The molecule has 2 aromatic rings. The molecular formula is C22H28N2O7. The van der Waals surface area contributed by atoms with Gasteiger partial charge in [-0.05, 0) is 30.2 Å². The van der Waals surface area contributed by atoms with Gasteiger partial charge in [0.15, 0.2) is 0 Å². The number of nitrogens with zero attached hydrogens (tertiary/aromatic N) is 2. The summed E-state index contributed by atoms with van der Waals surface area (Å²) in [6.07, 6.45) is 0.448. The van der Waals surface area contributed by atoms with Gasteiger partial charge in [-0.3, -0.25) is 14.5 Å². The van der Waals surface area contributed by atoms with Crippen LogP contribution in [0, 0.1) is 0 Å². The van der Waals surface area contributed by atoms with Gasteiger partial charge in [-0.1, -0.05) is 0 Å². The highest BCUT2D eigenvalue weighted by Gasteiger charge is 2.20. The van der Waals surface area contributed by atoms with E-state index in [9.17, 15) is 19.8 Å². The smallest absolute Gasteiger partial charge is 0.307 e. The van der Waals surface area contributed by atoms with Gasteiger partial charge in [0.05, 0.1) is 31.7 Å². The predicted octanol–water partition coefficient (Wildman–Crippen LogP) is 2.06. The molecule has 0 spiro atoms. The lowest BCUT2D eigenvalue weighted by Gasteiger charge is -2.27. The third-order valence-electron chi connectivity index (χ3n) is 5.23. The minimum Gasteiger partial charge on any atom is -0.508 e. The van der Waals surface area contributed by atoms with E-state index in [1.54, 1.807) is 17.0 Å². The van der Waals surface area contributed by atoms with Crippen LogP contribution in [0.3, 0.4) is 0 Å². The molecule has 1 fully saturated rings. The zero-order chi connectivity index (χ0) is 22.4. The number of phenolic OH excluding ortho intramolecular Hbond substituents is 2. The number of furan rings is 1. The number of ether oxygens (including phenoxy) is 1. The highest BCUT2D eigenvalue weighted by atomic mass is 16.5. The summed E-state index contributed by atoms with van der Waals surface area (Å²) in [6, 6.07) is 5.75. The van der Waals surface area contributed by atoms with Gasteiger partial charge in [-0.2, -0.15) is 0 Å². The van der Waals surface area contributed by atoms with Gasteiger partial charge in [0.1, 0.15) is 23.0 Å². The molecule has 1 aliphatic heterocycles. The van der Waals surface area contributed by atoms with Crippen molar-refractivity contribution in [2.45, 2.75) is 26.3 Å². The number of benzene rings is 1. The molecule has 1 aromatic carbocycles. The Morgan fingerprint density at radius 2 is 1.90 bits per heavy atom. The van der Waals surface area contributed by atoms with Crippen molar-refractivity contribution in [1.82, 2.24) is 9.80 Å². The van der Waals surface area contributed by atoms with Gasteiger partial charge < -0.3 is 29.4 Å². The Morgan fingerprint density at radius 3 is 2.58 bits per heavy atom. The van der Waals surface area contributed by atoms with Crippen molar-refractivity contribution >= 4 is 11.9 Å². The van der Waals surface area contributed by atoms with E-state index in [0.717, 1.165) is 45.3 Å². The second-order valence-corrected chi connectivity index (χ2v) is 7.58. The zero-order valence-corrected chi connectivity index (χ0v) is 17.5. The van der Waals surface area contributed by atoms with Crippen molar-refractivity contribution in [1.29, 1.82) is 0 Å². The van der Waals surface area contributed by atoms with Crippen LogP contribution in [0.15, 0.2) is 28.7 Å². The monoisotopic (exact) mass is 432 g/mol. The maximum Gasteiger partial charge on any atom is 0.307 e. The van der Waals surface area contributed by atoms with Crippen LogP contribution in [-0.4, -0.2) is 76.4 Å². The molecule has 3 rings (SSSR count). The molecule has 0 bridgehead atoms. The first-order valence-corrected chi connectivity index (χ1v) is 10.2. The highest BCUT2D eigenvalue weighted by Crippen LogP contribution is 2.37. The first-order chi connectivity index (χ1) is 14.8. The number of hydrogen-bond donors (Lipinski definition) is 3. The average molecular weight is 432 g/mol. The number of aromatic hydroxyl groups is 2. The first kappa shape index (κ1) is 22.6. The predicted molar refractivity (Wildman–Crippen MR) is 112 cm³/mol. The van der Waals surface area contributed by atoms with E-state index in [1.807, 2.05) is 0 Å². The third-order valence-corrected chi connectivity index (χ3v) is 5.23. The largest absolute Gasteiger partial charge is 0.508 e. The van der Waals surface area contributed by atoms with E-state index in [-0.39, 0.29) is 47.3 Å². The van der Waals surface area contributed by atoms with Gasteiger partial charge in [-0.15, -0.1) is 0 Å². The summed E-state index contributed by atoms with van der Waals surface area (Å²) in [6.45, 7) is 6.51. The summed E-state index contributed by atoms with van der Waals surface area (Å²) in [4.78, 5) is 27.3. The molecule has 0 unspecified atom stereocenters. The lowest BCUT2D eigenvalue weighted by atomic mass is 10.0. The van der Waals surface area contributed by atoms with E-state index >= 15 is 0 Å². The third kappa shape index (κ3) is 6.22. The number of carbonyl (C=O) groups excluding carboxylic acids is 1. The molecule has 9 nitrogen and oxygen atoms in total. The summed E-state index contributed by atoms with van der Waals surface area (Å²) in [7, 11) is 0. The summed E-state index contributed by atoms with van der Waals surface area (Å²) in [5.74, 6) is -0.871. The molecule has 168 valence electrons. The SMILES string of the molecule is CC(=O)N(CCCN1CCOCC1)Cc1ccc(-c2c(O)cc(O)cc2CC(=O)O)o1. The topological polar surface area (TPSA) is 124 Å². The molecule has 0 aliphatic carbocycles. The molecule has 1 aromatic heterocycles. The zero-order valence-electron chi connectivity index (χ0n) is 17.5. The molecule has 0 radical (unpaired) electrons. The fraction of sp³-hybridized carbons (Fsp3) is 0.455. The Morgan fingerprint density at radius 1 is 1.16 bits per heavy atom. The molecule has 31 heavy (non-hydrogen) atoms. The van der Waals surface area contributed by atoms with Crippen LogP contribution in [0.5, 0.6) is 11.5 Å². The van der Waals surface area contributed by atoms with Crippen molar-refractivity contribution in [2.24, 2.45) is 0 Å². The van der Waals surface area contributed by atoms with Crippen LogP contribution >= 0.6 is 0 Å². The molecule has 1 amide bonds. The molecule has 1 aliphatic rings. The van der Waals surface area contributed by atoms with Gasteiger partial charge >= 0.3 is 5.97 Å². The van der Waals surface area contributed by atoms with Gasteiger partial charge in [0, 0.05) is 39.2 Å². The van der Waals surface area contributed by atoms with Crippen LogP contribution in [0.25, 0.3) is 11.3 Å². The number of amides is 1. The lowest BCUT2D eigenvalue weighted by Crippen LogP contribution is -2.38. The van der Waals surface area contributed by atoms with Crippen LogP contribution in [0.2, 0.25) is 0 Å². The second-order valence-electron chi connectivity index (χ2n) is 7.58. The summed E-state index contributed by atoms with van der Waals surface area (Å²) in [5, 5.41) is 29.1.